The summed E-state index contributed by atoms with van der Waals surface area (Å²) < 4.78 is 10.4. The number of rotatable bonds is 6. The Hall–Kier alpha value is -0.450. The van der Waals surface area contributed by atoms with E-state index in [0.29, 0.717) is 30.1 Å². The van der Waals surface area contributed by atoms with Crippen LogP contribution in [-0.4, -0.2) is 57.5 Å². The van der Waals surface area contributed by atoms with Gasteiger partial charge in [0, 0.05) is 14.2 Å². The van der Waals surface area contributed by atoms with Gasteiger partial charge in [0.1, 0.15) is 13.1 Å². The molecule has 0 aromatic rings. The molecule has 0 aromatic heterocycles. The van der Waals surface area contributed by atoms with E-state index >= 15 is 0 Å². The largest absolute Gasteiger partial charge is 0.379 e. The minimum absolute atomic E-state index is 0.309. The second kappa shape index (κ2) is 3.98. The third kappa shape index (κ3) is 2.03. The van der Waals surface area contributed by atoms with Gasteiger partial charge < -0.3 is 9.47 Å². The van der Waals surface area contributed by atoms with Gasteiger partial charge in [-0.05, 0) is 0 Å². The van der Waals surface area contributed by atoms with Crippen LogP contribution in [0.5, 0.6) is 0 Å². The molecular formula is C8H16NO3+. The van der Waals surface area contributed by atoms with E-state index in [1.807, 2.05) is 0 Å². The first-order valence-electron chi connectivity index (χ1n) is 4.12. The smallest absolute Gasteiger partial charge is 0.369 e. The van der Waals surface area contributed by atoms with Crippen molar-refractivity contribution in [2.24, 2.45) is 0 Å². The van der Waals surface area contributed by atoms with Gasteiger partial charge in [0.05, 0.1) is 13.2 Å². The highest BCUT2D eigenvalue weighted by molar-refractivity contribution is 5.81. The van der Waals surface area contributed by atoms with E-state index < -0.39 is 0 Å². The average molecular weight is 174 g/mol. The van der Waals surface area contributed by atoms with Crippen LogP contribution in [0.15, 0.2) is 0 Å². The minimum Gasteiger partial charge on any atom is -0.379 e. The van der Waals surface area contributed by atoms with Gasteiger partial charge >= 0.3 is 5.91 Å². The topological polar surface area (TPSA) is 35.5 Å². The molecule has 1 rings (SSSR count). The maximum absolute atomic E-state index is 11.1. The van der Waals surface area contributed by atoms with Crippen LogP contribution in [0.2, 0.25) is 0 Å². The van der Waals surface area contributed by atoms with Crippen molar-refractivity contribution in [3.63, 3.8) is 0 Å². The fourth-order valence-corrected chi connectivity index (χ4v) is 1.27. The average Bonchev–Trinajstić information content (AvgIpc) is 2.71. The van der Waals surface area contributed by atoms with Crippen molar-refractivity contribution >= 4 is 5.91 Å². The van der Waals surface area contributed by atoms with Crippen LogP contribution in [0.25, 0.3) is 0 Å². The Balaban J connectivity index is 2.27. The fourth-order valence-electron chi connectivity index (χ4n) is 1.27. The van der Waals surface area contributed by atoms with Crippen LogP contribution in [0.3, 0.4) is 0 Å². The quantitative estimate of drug-likeness (QED) is 0.407. The van der Waals surface area contributed by atoms with E-state index in [1.165, 1.54) is 0 Å². The molecule has 12 heavy (non-hydrogen) atoms. The number of hydrogen-bond donors (Lipinski definition) is 0. The van der Waals surface area contributed by atoms with Crippen molar-refractivity contribution in [2.75, 3.05) is 47.1 Å². The maximum Gasteiger partial charge on any atom is 0.369 e. The molecule has 4 nitrogen and oxygen atoms in total. The van der Waals surface area contributed by atoms with Crippen molar-refractivity contribution in [3.05, 3.63) is 0 Å². The lowest BCUT2D eigenvalue weighted by Gasteiger charge is -2.13. The van der Waals surface area contributed by atoms with Crippen molar-refractivity contribution in [1.29, 1.82) is 0 Å². The summed E-state index contributed by atoms with van der Waals surface area (Å²) in [7, 11) is 3.31. The molecule has 0 N–H and O–H groups in total. The van der Waals surface area contributed by atoms with Gasteiger partial charge in [-0.2, -0.15) is 0 Å². The second-order valence-electron chi connectivity index (χ2n) is 3.13. The van der Waals surface area contributed by atoms with Gasteiger partial charge in [0.2, 0.25) is 6.54 Å². The number of amides is 1. The first kappa shape index (κ1) is 9.64. The van der Waals surface area contributed by atoms with Crippen LogP contribution in [0.1, 0.15) is 0 Å². The number of hydrogen-bond acceptors (Lipinski definition) is 3. The Morgan fingerprint density at radius 1 is 1.25 bits per heavy atom. The number of methoxy groups -OCH3 is 2. The first-order chi connectivity index (χ1) is 5.75. The van der Waals surface area contributed by atoms with Crippen LogP contribution >= 0.6 is 0 Å². The number of ether oxygens (including phenoxy) is 2. The molecule has 0 aromatic carbocycles. The Kier molecular flexibility index (Phi) is 3.20. The molecule has 0 saturated carbocycles. The molecule has 1 amide bonds. The SMILES string of the molecule is COCC[N+]1(CCOC)CC1=O. The lowest BCUT2D eigenvalue weighted by atomic mass is 10.5. The molecule has 4 heteroatoms. The van der Waals surface area contributed by atoms with E-state index in [4.69, 9.17) is 9.47 Å². The zero-order valence-corrected chi connectivity index (χ0v) is 7.71. The number of quaternary nitrogens is 1. The van der Waals surface area contributed by atoms with Crippen molar-refractivity contribution in [1.82, 2.24) is 0 Å². The third-order valence-electron chi connectivity index (χ3n) is 2.31. The van der Waals surface area contributed by atoms with Gasteiger partial charge in [0.25, 0.3) is 0 Å². The molecule has 0 bridgehead atoms. The summed E-state index contributed by atoms with van der Waals surface area (Å²) in [5.74, 6) is 0.309. The molecule has 1 fully saturated rings. The number of nitrogens with zero attached hydrogens (tertiary/aromatic N) is 1. The first-order valence-corrected chi connectivity index (χ1v) is 4.12. The summed E-state index contributed by atoms with van der Waals surface area (Å²) in [6.45, 7) is 3.54. The zero-order valence-electron chi connectivity index (χ0n) is 7.71. The maximum atomic E-state index is 11.1. The van der Waals surface area contributed by atoms with E-state index in [-0.39, 0.29) is 0 Å². The van der Waals surface area contributed by atoms with E-state index in [1.54, 1.807) is 14.2 Å². The Morgan fingerprint density at radius 3 is 1.92 bits per heavy atom. The summed E-state index contributed by atoms with van der Waals surface area (Å²) in [5.41, 5.74) is 0. The monoisotopic (exact) mass is 174 g/mol. The van der Waals surface area contributed by atoms with Gasteiger partial charge in [-0.15, -0.1) is 0 Å². The highest BCUT2D eigenvalue weighted by Crippen LogP contribution is 2.22. The molecule has 70 valence electrons. The molecule has 0 radical (unpaired) electrons. The van der Waals surface area contributed by atoms with Gasteiger partial charge in [-0.3, -0.25) is 0 Å². The van der Waals surface area contributed by atoms with Crippen LogP contribution in [0, 0.1) is 0 Å². The van der Waals surface area contributed by atoms with Crippen molar-refractivity contribution in [2.45, 2.75) is 0 Å². The molecule has 0 atom stereocenters. The van der Waals surface area contributed by atoms with Gasteiger partial charge in [-0.25, -0.2) is 9.28 Å². The molecule has 0 spiro atoms. The van der Waals surface area contributed by atoms with Crippen LogP contribution < -0.4 is 0 Å². The Bertz CT molecular complexity index is 162. The summed E-state index contributed by atoms with van der Waals surface area (Å²) in [6, 6.07) is 0. The molecule has 0 unspecified atom stereocenters. The lowest BCUT2D eigenvalue weighted by molar-refractivity contribution is -0.761. The molecule has 1 aliphatic heterocycles. The minimum atomic E-state index is 0.309. The zero-order chi connectivity index (χ0) is 9.03. The summed E-state index contributed by atoms with van der Waals surface area (Å²) in [5, 5.41) is 0. The normalized spacial score (nSPS) is 19.7. The second-order valence-corrected chi connectivity index (χ2v) is 3.13. The highest BCUT2D eigenvalue weighted by atomic mass is 16.5. The highest BCUT2D eigenvalue weighted by Gasteiger charge is 2.54. The standard InChI is InChI=1S/C8H16NO3/c1-11-5-3-9(4-6-12-2)7-8(9)10/h3-7H2,1-2H3/q+1. The van der Waals surface area contributed by atoms with Crippen molar-refractivity contribution < 1.29 is 18.8 Å². The van der Waals surface area contributed by atoms with E-state index in [0.717, 1.165) is 13.1 Å². The number of carbonyl (C=O) groups is 1. The van der Waals surface area contributed by atoms with Crippen molar-refractivity contribution in [3.8, 4) is 0 Å². The third-order valence-corrected chi connectivity index (χ3v) is 2.31. The Morgan fingerprint density at radius 2 is 1.67 bits per heavy atom. The molecule has 1 saturated heterocycles. The van der Waals surface area contributed by atoms with E-state index in [9.17, 15) is 4.79 Å². The molecule has 0 aliphatic carbocycles. The Labute approximate surface area is 72.6 Å². The fraction of sp³-hybridized carbons (Fsp3) is 0.875. The lowest BCUT2D eigenvalue weighted by Crippen LogP contribution is -2.34. The van der Waals surface area contributed by atoms with Crippen LogP contribution in [-0.2, 0) is 14.3 Å². The molecule has 1 aliphatic rings. The predicted octanol–water partition coefficient (Wildman–Crippen LogP) is -0.364. The molecule has 1 heterocycles. The molecular weight excluding hydrogens is 158 g/mol. The van der Waals surface area contributed by atoms with Gasteiger partial charge in [-0.1, -0.05) is 0 Å². The summed E-state index contributed by atoms with van der Waals surface area (Å²) in [4.78, 5) is 11.1. The van der Waals surface area contributed by atoms with E-state index in [2.05, 4.69) is 0 Å². The van der Waals surface area contributed by atoms with Gasteiger partial charge in [0.15, 0.2) is 0 Å². The number of carbonyl (C=O) groups excluding carboxylic acids is 1. The summed E-state index contributed by atoms with van der Waals surface area (Å²) >= 11 is 0. The van der Waals surface area contributed by atoms with Crippen LogP contribution in [0.4, 0.5) is 0 Å². The summed E-state index contributed by atoms with van der Waals surface area (Å²) in [6.07, 6.45) is 0. The predicted molar refractivity (Wildman–Crippen MR) is 43.6 cm³/mol.